The number of nitrogens with zero attached hydrogens (tertiary/aromatic N) is 2. The van der Waals surface area contributed by atoms with Crippen LogP contribution in [-0.4, -0.2) is 29.7 Å². The first-order valence-electron chi connectivity index (χ1n) is 4.11. The van der Waals surface area contributed by atoms with E-state index in [1.54, 1.807) is 0 Å². The molecule has 1 saturated carbocycles. The van der Waals surface area contributed by atoms with E-state index in [9.17, 15) is 0 Å². The third-order valence-corrected chi connectivity index (χ3v) is 2.82. The summed E-state index contributed by atoms with van der Waals surface area (Å²) in [6.07, 6.45) is 5.78. The van der Waals surface area contributed by atoms with Crippen LogP contribution < -0.4 is 5.32 Å². The number of aliphatic hydroxyl groups excluding tert-OH is 1. The van der Waals surface area contributed by atoms with Gasteiger partial charge in [0.25, 0.3) is 0 Å². The number of nitrogens with one attached hydrogen (secondary N) is 1. The van der Waals surface area contributed by atoms with Gasteiger partial charge in [-0.15, -0.1) is 0 Å². The number of aliphatic imine (C=N–C) groups is 1. The first-order chi connectivity index (χ1) is 6.26. The fourth-order valence-electron chi connectivity index (χ4n) is 0.985. The highest BCUT2D eigenvalue weighted by Gasteiger charge is 2.41. The second kappa shape index (κ2) is 4.49. The van der Waals surface area contributed by atoms with E-state index in [1.807, 2.05) is 12.4 Å². The van der Waals surface area contributed by atoms with Crippen LogP contribution in [0.4, 0.5) is 0 Å². The Bertz CT molecular complexity index is 242. The van der Waals surface area contributed by atoms with E-state index in [0.29, 0.717) is 11.7 Å². The Morgan fingerprint density at radius 2 is 2.46 bits per heavy atom. The Morgan fingerprint density at radius 3 is 2.85 bits per heavy atom. The van der Waals surface area contributed by atoms with Crippen molar-refractivity contribution in [2.45, 2.75) is 12.8 Å². The van der Waals surface area contributed by atoms with Crippen molar-refractivity contribution in [2.24, 2.45) is 10.4 Å². The number of aliphatic hydroxyl groups is 1. The standard InChI is InChI=1S/C8H13N3OS/c1-13-7(11-6-9)10-4-8(5-12)2-3-8/h12H,2-5H2,1H3,(H,10,11). The van der Waals surface area contributed by atoms with Gasteiger partial charge >= 0.3 is 0 Å². The highest BCUT2D eigenvalue weighted by molar-refractivity contribution is 8.13. The Morgan fingerprint density at radius 1 is 1.77 bits per heavy atom. The van der Waals surface area contributed by atoms with Crippen LogP contribution in [0.3, 0.4) is 0 Å². The predicted molar refractivity (Wildman–Crippen MR) is 53.3 cm³/mol. The van der Waals surface area contributed by atoms with E-state index < -0.39 is 0 Å². The van der Waals surface area contributed by atoms with Crippen LogP contribution in [0.1, 0.15) is 12.8 Å². The third kappa shape index (κ3) is 2.90. The van der Waals surface area contributed by atoms with Crippen LogP contribution in [-0.2, 0) is 0 Å². The Balaban J connectivity index is 2.41. The van der Waals surface area contributed by atoms with Gasteiger partial charge in [-0.3, -0.25) is 10.3 Å². The van der Waals surface area contributed by atoms with E-state index in [-0.39, 0.29) is 12.0 Å². The Kier molecular flexibility index (Phi) is 3.58. The number of hydrogen-bond donors (Lipinski definition) is 2. The van der Waals surface area contributed by atoms with Crippen molar-refractivity contribution in [3.63, 3.8) is 0 Å². The molecule has 0 aromatic heterocycles. The quantitative estimate of drug-likeness (QED) is 0.301. The summed E-state index contributed by atoms with van der Waals surface area (Å²) in [5.74, 6) is 0. The molecule has 1 rings (SSSR count). The molecule has 0 amide bonds. The van der Waals surface area contributed by atoms with Gasteiger partial charge in [0.2, 0.25) is 0 Å². The molecular weight excluding hydrogens is 186 g/mol. The number of nitriles is 1. The number of hydrogen-bond acceptors (Lipinski definition) is 4. The molecule has 0 aliphatic heterocycles. The van der Waals surface area contributed by atoms with E-state index in [1.165, 1.54) is 11.8 Å². The van der Waals surface area contributed by atoms with Crippen molar-refractivity contribution in [1.29, 1.82) is 5.26 Å². The SMILES string of the molecule is CSC(=NCC1(CO)CC1)NC#N. The molecule has 0 unspecified atom stereocenters. The third-order valence-electron chi connectivity index (χ3n) is 2.21. The topological polar surface area (TPSA) is 68.4 Å². The molecule has 0 aromatic rings. The molecule has 0 heterocycles. The summed E-state index contributed by atoms with van der Waals surface area (Å²) < 4.78 is 0. The molecule has 0 aromatic carbocycles. The average Bonchev–Trinajstić information content (AvgIpc) is 2.93. The number of amidine groups is 1. The lowest BCUT2D eigenvalue weighted by atomic mass is 10.1. The maximum absolute atomic E-state index is 9.01. The molecule has 5 heteroatoms. The molecule has 1 aliphatic rings. The molecule has 4 nitrogen and oxygen atoms in total. The van der Waals surface area contributed by atoms with Crippen molar-refractivity contribution in [3.05, 3.63) is 0 Å². The molecule has 2 N–H and O–H groups in total. The van der Waals surface area contributed by atoms with E-state index in [0.717, 1.165) is 12.8 Å². The lowest BCUT2D eigenvalue weighted by Gasteiger charge is -2.07. The van der Waals surface area contributed by atoms with Crippen LogP contribution in [0, 0.1) is 16.9 Å². The van der Waals surface area contributed by atoms with Gasteiger partial charge in [0, 0.05) is 12.0 Å². The van der Waals surface area contributed by atoms with Gasteiger partial charge < -0.3 is 5.11 Å². The minimum atomic E-state index is 0.0259. The molecule has 0 saturated heterocycles. The second-order valence-corrected chi connectivity index (χ2v) is 4.02. The largest absolute Gasteiger partial charge is 0.396 e. The summed E-state index contributed by atoms with van der Waals surface area (Å²) in [6, 6.07) is 0. The number of thioether (sulfide) groups is 1. The summed E-state index contributed by atoms with van der Waals surface area (Å²) in [5, 5.41) is 20.5. The molecule has 72 valence electrons. The Labute approximate surface area is 82.0 Å². The van der Waals surface area contributed by atoms with Gasteiger partial charge in [0.05, 0.1) is 6.61 Å². The zero-order valence-corrected chi connectivity index (χ0v) is 8.39. The Hall–Kier alpha value is -0.730. The van der Waals surface area contributed by atoms with Crippen LogP contribution in [0.15, 0.2) is 4.99 Å². The summed E-state index contributed by atoms with van der Waals surface area (Å²) >= 11 is 1.41. The number of rotatable bonds is 3. The van der Waals surface area contributed by atoms with Gasteiger partial charge in [-0.05, 0) is 19.1 Å². The summed E-state index contributed by atoms with van der Waals surface area (Å²) in [6.45, 7) is 0.819. The smallest absolute Gasteiger partial charge is 0.183 e. The average molecular weight is 199 g/mol. The maximum Gasteiger partial charge on any atom is 0.183 e. The van der Waals surface area contributed by atoms with Crippen LogP contribution in [0.2, 0.25) is 0 Å². The summed E-state index contributed by atoms with van der Waals surface area (Å²) in [7, 11) is 0. The van der Waals surface area contributed by atoms with Crippen LogP contribution in [0.5, 0.6) is 0 Å². The summed E-state index contributed by atoms with van der Waals surface area (Å²) in [4.78, 5) is 4.22. The van der Waals surface area contributed by atoms with Crippen LogP contribution >= 0.6 is 11.8 Å². The van der Waals surface area contributed by atoms with Crippen molar-refractivity contribution >= 4 is 16.9 Å². The minimum absolute atomic E-state index is 0.0259. The van der Waals surface area contributed by atoms with Gasteiger partial charge in [-0.1, -0.05) is 11.8 Å². The first kappa shape index (κ1) is 10.4. The van der Waals surface area contributed by atoms with E-state index in [2.05, 4.69) is 10.3 Å². The molecule has 0 radical (unpaired) electrons. The van der Waals surface area contributed by atoms with Gasteiger partial charge in [-0.25, -0.2) is 0 Å². The molecule has 13 heavy (non-hydrogen) atoms. The molecule has 0 bridgehead atoms. The zero-order chi connectivity index (χ0) is 9.73. The lowest BCUT2D eigenvalue weighted by Crippen LogP contribution is -2.17. The molecule has 1 fully saturated rings. The van der Waals surface area contributed by atoms with Crippen molar-refractivity contribution in [1.82, 2.24) is 5.32 Å². The summed E-state index contributed by atoms with van der Waals surface area (Å²) in [5.41, 5.74) is 0.0259. The highest BCUT2D eigenvalue weighted by Crippen LogP contribution is 2.45. The van der Waals surface area contributed by atoms with E-state index >= 15 is 0 Å². The van der Waals surface area contributed by atoms with Gasteiger partial charge in [0.1, 0.15) is 0 Å². The lowest BCUT2D eigenvalue weighted by molar-refractivity contribution is 0.217. The first-order valence-corrected chi connectivity index (χ1v) is 5.33. The molecule has 0 atom stereocenters. The maximum atomic E-state index is 9.01. The highest BCUT2D eigenvalue weighted by atomic mass is 32.2. The molecule has 1 aliphatic carbocycles. The normalized spacial score (nSPS) is 19.3. The van der Waals surface area contributed by atoms with Crippen molar-refractivity contribution < 1.29 is 5.11 Å². The van der Waals surface area contributed by atoms with Crippen molar-refractivity contribution in [3.8, 4) is 6.19 Å². The minimum Gasteiger partial charge on any atom is -0.396 e. The van der Waals surface area contributed by atoms with Crippen LogP contribution in [0.25, 0.3) is 0 Å². The second-order valence-electron chi connectivity index (χ2n) is 3.22. The zero-order valence-electron chi connectivity index (χ0n) is 7.58. The van der Waals surface area contributed by atoms with E-state index in [4.69, 9.17) is 10.4 Å². The molecular formula is C8H13N3OS. The monoisotopic (exact) mass is 199 g/mol. The van der Waals surface area contributed by atoms with Gasteiger partial charge in [0.15, 0.2) is 11.4 Å². The van der Waals surface area contributed by atoms with Crippen molar-refractivity contribution in [2.75, 3.05) is 19.4 Å². The fraction of sp³-hybridized carbons (Fsp3) is 0.750. The predicted octanol–water partition coefficient (Wildman–Crippen LogP) is 0.549. The molecule has 0 spiro atoms. The fourth-order valence-corrected chi connectivity index (χ4v) is 1.33. The van der Waals surface area contributed by atoms with Gasteiger partial charge in [-0.2, -0.15) is 5.26 Å².